The van der Waals surface area contributed by atoms with E-state index < -0.39 is 0 Å². The standard InChI is InChI=1S/C9H12Br2O.C9H14OS2.C9H14O.Na.H2S/c1-5-6(9(2,3)4)7(10)8(11)12-5;1-5-6(9(2,3)4)7(11)8(12)10-5;1-7-8(5-6-10-7)9(2,3)4;;/h1-4H3;11-12H,1-4H3;5-6H,1-4H3;;1H2/q;;;+1;/p-1. The van der Waals surface area contributed by atoms with Crippen molar-refractivity contribution in [1.29, 1.82) is 0 Å². The quantitative estimate of drug-likeness (QED) is 0.146. The molecule has 0 fully saturated rings. The summed E-state index contributed by atoms with van der Waals surface area (Å²) in [6, 6.07) is 2.04. The minimum atomic E-state index is 0. The van der Waals surface area contributed by atoms with Crippen LogP contribution in [0.5, 0.6) is 0 Å². The molecule has 0 aliphatic carbocycles. The summed E-state index contributed by atoms with van der Waals surface area (Å²) in [4.78, 5) is 0.864. The smallest absolute Gasteiger partial charge is 0.813 e. The second kappa shape index (κ2) is 15.0. The van der Waals surface area contributed by atoms with E-state index in [4.69, 9.17) is 13.3 Å². The van der Waals surface area contributed by atoms with Crippen molar-refractivity contribution in [2.45, 2.75) is 109 Å². The van der Waals surface area contributed by atoms with Crippen LogP contribution >= 0.6 is 57.1 Å². The molecule has 0 unspecified atom stereocenters. The van der Waals surface area contributed by atoms with Crippen LogP contribution in [0.2, 0.25) is 0 Å². The SMILES string of the molecule is Cc1oc(Br)c(Br)c1C(C)(C)C.Cc1oc(S)c(S)c1C(C)(C)C.Cc1occc1C(C)(C)C.[Na+].[SH-]. The molecule has 0 amide bonds. The van der Waals surface area contributed by atoms with Gasteiger partial charge in [-0.15, -0.1) is 25.3 Å². The van der Waals surface area contributed by atoms with E-state index in [1.165, 1.54) is 11.1 Å². The Morgan fingerprint density at radius 2 is 1.14 bits per heavy atom. The molecule has 36 heavy (non-hydrogen) atoms. The summed E-state index contributed by atoms with van der Waals surface area (Å²) < 4.78 is 17.8. The van der Waals surface area contributed by atoms with E-state index in [-0.39, 0.29) is 59.3 Å². The number of hydrogen-bond acceptors (Lipinski definition) is 6. The first kappa shape index (κ1) is 39.0. The largest absolute Gasteiger partial charge is 1.00 e. The Kier molecular flexibility index (Phi) is 16.3. The van der Waals surface area contributed by atoms with Crippen molar-refractivity contribution in [3.05, 3.63) is 55.4 Å². The predicted molar refractivity (Wildman–Crippen MR) is 165 cm³/mol. The van der Waals surface area contributed by atoms with Crippen molar-refractivity contribution < 1.29 is 42.8 Å². The van der Waals surface area contributed by atoms with Gasteiger partial charge in [0, 0.05) is 11.1 Å². The topological polar surface area (TPSA) is 39.4 Å². The first-order valence-corrected chi connectivity index (χ1v) is 13.7. The Hall–Kier alpha value is 0.850. The average Bonchev–Trinajstić information content (AvgIpc) is 3.24. The van der Waals surface area contributed by atoms with Crippen LogP contribution in [0.4, 0.5) is 0 Å². The van der Waals surface area contributed by atoms with E-state index in [0.717, 1.165) is 36.9 Å². The molecule has 0 N–H and O–H groups in total. The molecule has 200 valence electrons. The van der Waals surface area contributed by atoms with Gasteiger partial charge in [0.25, 0.3) is 0 Å². The van der Waals surface area contributed by atoms with E-state index >= 15 is 0 Å². The summed E-state index contributed by atoms with van der Waals surface area (Å²) in [6.45, 7) is 25.4. The molecule has 3 heterocycles. The number of rotatable bonds is 0. The molecule has 3 nitrogen and oxygen atoms in total. The van der Waals surface area contributed by atoms with E-state index in [9.17, 15) is 0 Å². The second-order valence-corrected chi connectivity index (χ2v) is 13.8. The summed E-state index contributed by atoms with van der Waals surface area (Å²) in [6.07, 6.45) is 1.75. The first-order chi connectivity index (χ1) is 15.2. The molecule has 3 aromatic heterocycles. The van der Waals surface area contributed by atoms with Crippen LogP contribution in [0.15, 0.2) is 44.7 Å². The van der Waals surface area contributed by atoms with Crippen LogP contribution in [0.3, 0.4) is 0 Å². The van der Waals surface area contributed by atoms with Crippen LogP contribution in [0.1, 0.15) is 96.3 Å². The van der Waals surface area contributed by atoms with E-state index in [0.29, 0.717) is 5.09 Å². The average molecular weight is 693 g/mol. The van der Waals surface area contributed by atoms with Crippen molar-refractivity contribution in [2.24, 2.45) is 0 Å². The van der Waals surface area contributed by atoms with Crippen molar-refractivity contribution in [3.63, 3.8) is 0 Å². The predicted octanol–water partition coefficient (Wildman–Crippen LogP) is 7.49. The van der Waals surface area contributed by atoms with Gasteiger partial charge in [-0.25, -0.2) is 0 Å². The normalized spacial score (nSPS) is 11.4. The summed E-state index contributed by atoms with van der Waals surface area (Å²) in [5.74, 6) is 2.92. The molecular weight excluding hydrogens is 651 g/mol. The first-order valence-electron chi connectivity index (χ1n) is 11.2. The van der Waals surface area contributed by atoms with Gasteiger partial charge in [0.2, 0.25) is 0 Å². The molecule has 0 spiro atoms. The van der Waals surface area contributed by atoms with Crippen LogP contribution in [-0.4, -0.2) is 0 Å². The molecule has 0 bridgehead atoms. The summed E-state index contributed by atoms with van der Waals surface area (Å²) in [5, 5.41) is 0.612. The third kappa shape index (κ3) is 10.8. The monoisotopic (exact) mass is 690 g/mol. The minimum absolute atomic E-state index is 0. The Morgan fingerprint density at radius 3 is 1.31 bits per heavy atom. The summed E-state index contributed by atoms with van der Waals surface area (Å²) in [5.41, 5.74) is 4.10. The molecule has 0 aliphatic rings. The number of furan rings is 3. The molecule has 0 saturated heterocycles. The molecule has 0 atom stereocenters. The van der Waals surface area contributed by atoms with Gasteiger partial charge in [0.1, 0.15) is 17.3 Å². The number of hydrogen-bond donors (Lipinski definition) is 2. The second-order valence-electron chi connectivity index (χ2n) is 11.4. The summed E-state index contributed by atoms with van der Waals surface area (Å²) >= 11 is 15.4. The molecule has 0 saturated carbocycles. The van der Waals surface area contributed by atoms with Gasteiger partial charge in [-0.3, -0.25) is 0 Å². The van der Waals surface area contributed by atoms with Crippen molar-refractivity contribution in [3.8, 4) is 0 Å². The summed E-state index contributed by atoms with van der Waals surface area (Å²) in [7, 11) is 0. The Morgan fingerprint density at radius 1 is 0.694 bits per heavy atom. The Bertz CT molecular complexity index is 1030. The van der Waals surface area contributed by atoms with Crippen molar-refractivity contribution in [1.82, 2.24) is 0 Å². The van der Waals surface area contributed by atoms with Crippen LogP contribution in [-0.2, 0) is 29.7 Å². The van der Waals surface area contributed by atoms with Crippen LogP contribution in [0, 0.1) is 20.8 Å². The van der Waals surface area contributed by atoms with Crippen molar-refractivity contribution in [2.75, 3.05) is 0 Å². The third-order valence-corrected chi connectivity index (χ3v) is 7.96. The van der Waals surface area contributed by atoms with Crippen LogP contribution < -0.4 is 29.6 Å². The number of thiol groups is 3. The van der Waals surface area contributed by atoms with E-state index in [2.05, 4.69) is 119 Å². The van der Waals surface area contributed by atoms with Crippen LogP contribution in [0.25, 0.3) is 0 Å². The molecule has 3 aromatic rings. The van der Waals surface area contributed by atoms with E-state index in [1.807, 2.05) is 26.8 Å². The Labute approximate surface area is 275 Å². The van der Waals surface area contributed by atoms with Gasteiger partial charge in [0.05, 0.1) is 15.6 Å². The van der Waals surface area contributed by atoms with Gasteiger partial charge < -0.3 is 26.7 Å². The minimum Gasteiger partial charge on any atom is -0.813 e. The van der Waals surface area contributed by atoms with Gasteiger partial charge in [-0.1, -0.05) is 62.3 Å². The maximum atomic E-state index is 5.44. The third-order valence-electron chi connectivity index (χ3n) is 5.19. The molecule has 0 radical (unpaired) electrons. The molecule has 9 heteroatoms. The zero-order valence-corrected chi connectivity index (χ0v) is 31.8. The van der Waals surface area contributed by atoms with Crippen molar-refractivity contribution >= 4 is 70.6 Å². The zero-order valence-electron chi connectivity index (χ0n) is 24.0. The molecule has 3 rings (SSSR count). The molecule has 0 aliphatic heterocycles. The van der Waals surface area contributed by atoms with Gasteiger partial charge >= 0.3 is 29.6 Å². The zero-order chi connectivity index (χ0) is 26.8. The number of aryl methyl sites for hydroxylation is 3. The van der Waals surface area contributed by atoms with Gasteiger partial charge in [0.15, 0.2) is 9.76 Å². The maximum absolute atomic E-state index is 5.44. The number of halogens is 2. The fourth-order valence-corrected chi connectivity index (χ4v) is 6.09. The van der Waals surface area contributed by atoms with Gasteiger partial charge in [-0.2, -0.15) is 0 Å². The molecular formula is C27H41Br2NaO3S3. The fourth-order valence-electron chi connectivity index (χ4n) is 3.90. The maximum Gasteiger partial charge on any atom is 1.00 e. The Balaban J connectivity index is 0. The fraction of sp³-hybridized carbons (Fsp3) is 0.556. The van der Waals surface area contributed by atoms with E-state index in [1.54, 1.807) is 6.26 Å². The molecule has 0 aromatic carbocycles. The van der Waals surface area contributed by atoms with Gasteiger partial charge in [-0.05, 0) is 80.5 Å².